The number of rotatable bonds is 3. The summed E-state index contributed by atoms with van der Waals surface area (Å²) in [6.45, 7) is 0. The zero-order chi connectivity index (χ0) is 14.0. The summed E-state index contributed by atoms with van der Waals surface area (Å²) in [5.41, 5.74) is -0.319. The van der Waals surface area contributed by atoms with Crippen LogP contribution in [0.15, 0.2) is 18.2 Å². The molecule has 19 heavy (non-hydrogen) atoms. The second-order valence-corrected chi connectivity index (χ2v) is 4.15. The van der Waals surface area contributed by atoms with E-state index in [2.05, 4.69) is 10.6 Å². The Kier molecular flexibility index (Phi) is 3.46. The molecule has 7 heteroatoms. The topological polar surface area (TPSA) is 95.5 Å². The third kappa shape index (κ3) is 2.87. The molecule has 2 rings (SSSR count). The quantitative estimate of drug-likeness (QED) is 0.752. The highest BCUT2D eigenvalue weighted by Crippen LogP contribution is 2.17. The van der Waals surface area contributed by atoms with E-state index in [1.54, 1.807) is 0 Å². The van der Waals surface area contributed by atoms with E-state index in [0.717, 1.165) is 6.07 Å². The monoisotopic (exact) mass is 266 g/mol. The first-order valence-electron chi connectivity index (χ1n) is 5.60. The third-order valence-electron chi connectivity index (χ3n) is 2.79. The molecule has 1 heterocycles. The first-order chi connectivity index (χ1) is 8.97. The van der Waals surface area contributed by atoms with Gasteiger partial charge in [0.15, 0.2) is 0 Å². The summed E-state index contributed by atoms with van der Waals surface area (Å²) < 4.78 is 13.6. The maximum atomic E-state index is 13.6. The number of aromatic carboxylic acids is 1. The number of halogens is 1. The number of carboxylic acid groups (broad SMARTS) is 1. The van der Waals surface area contributed by atoms with Gasteiger partial charge in [-0.3, -0.25) is 9.59 Å². The average Bonchev–Trinajstić information content (AvgIpc) is 2.78. The molecule has 1 atom stereocenters. The van der Waals surface area contributed by atoms with Gasteiger partial charge in [0, 0.05) is 6.42 Å². The van der Waals surface area contributed by atoms with Crippen molar-refractivity contribution in [3.05, 3.63) is 29.6 Å². The number of amides is 2. The van der Waals surface area contributed by atoms with Crippen molar-refractivity contribution in [2.24, 2.45) is 0 Å². The fourth-order valence-corrected chi connectivity index (χ4v) is 1.78. The van der Waals surface area contributed by atoms with Crippen molar-refractivity contribution in [3.8, 4) is 0 Å². The van der Waals surface area contributed by atoms with E-state index in [0.29, 0.717) is 6.42 Å². The van der Waals surface area contributed by atoms with Crippen molar-refractivity contribution in [2.45, 2.75) is 18.9 Å². The fraction of sp³-hybridized carbons (Fsp3) is 0.250. The van der Waals surface area contributed by atoms with Gasteiger partial charge in [-0.1, -0.05) is 0 Å². The molecule has 1 aromatic rings. The highest BCUT2D eigenvalue weighted by Gasteiger charge is 2.27. The summed E-state index contributed by atoms with van der Waals surface area (Å²) >= 11 is 0. The van der Waals surface area contributed by atoms with Gasteiger partial charge in [-0.25, -0.2) is 9.18 Å². The molecule has 1 aliphatic rings. The molecule has 0 bridgehead atoms. The number of hydrogen-bond acceptors (Lipinski definition) is 3. The largest absolute Gasteiger partial charge is 0.478 e. The molecule has 0 aromatic heterocycles. The maximum Gasteiger partial charge on any atom is 0.335 e. The Labute approximate surface area is 107 Å². The zero-order valence-corrected chi connectivity index (χ0v) is 9.77. The van der Waals surface area contributed by atoms with E-state index in [4.69, 9.17) is 5.11 Å². The molecular formula is C12H11FN2O4. The Morgan fingerprint density at radius 3 is 2.68 bits per heavy atom. The Bertz CT molecular complexity index is 559. The SMILES string of the molecule is O=C1CC[C@H](C(=O)Nc2ccc(C(=O)O)cc2F)N1. The molecule has 100 valence electrons. The van der Waals surface area contributed by atoms with Crippen LogP contribution < -0.4 is 10.6 Å². The highest BCUT2D eigenvalue weighted by molar-refractivity contribution is 5.99. The molecule has 0 unspecified atom stereocenters. The Morgan fingerprint density at radius 2 is 2.16 bits per heavy atom. The summed E-state index contributed by atoms with van der Waals surface area (Å²) in [6.07, 6.45) is 0.623. The Balaban J connectivity index is 2.09. The van der Waals surface area contributed by atoms with Gasteiger partial charge in [0.2, 0.25) is 11.8 Å². The molecule has 3 N–H and O–H groups in total. The van der Waals surface area contributed by atoms with Crippen molar-refractivity contribution in [3.63, 3.8) is 0 Å². The second-order valence-electron chi connectivity index (χ2n) is 4.15. The lowest BCUT2D eigenvalue weighted by Crippen LogP contribution is -2.37. The van der Waals surface area contributed by atoms with E-state index < -0.39 is 23.7 Å². The number of benzene rings is 1. The van der Waals surface area contributed by atoms with Crippen LogP contribution in [0.5, 0.6) is 0 Å². The standard InChI is InChI=1S/C12H11FN2O4/c13-7-5-6(12(18)19)1-2-8(7)15-11(17)9-3-4-10(16)14-9/h1-2,5,9H,3-4H2,(H,14,16)(H,15,17)(H,18,19)/t9-/m1/s1. The molecule has 1 fully saturated rings. The second kappa shape index (κ2) is 5.05. The summed E-state index contributed by atoms with van der Waals surface area (Å²) in [5, 5.41) is 13.5. The van der Waals surface area contributed by atoms with Crippen molar-refractivity contribution < 1.29 is 23.9 Å². The van der Waals surface area contributed by atoms with Crippen molar-refractivity contribution in [2.75, 3.05) is 5.32 Å². The zero-order valence-electron chi connectivity index (χ0n) is 9.77. The fourth-order valence-electron chi connectivity index (χ4n) is 1.78. The predicted octanol–water partition coefficient (Wildman–Crippen LogP) is 0.741. The van der Waals surface area contributed by atoms with Gasteiger partial charge in [0.25, 0.3) is 0 Å². The van der Waals surface area contributed by atoms with Gasteiger partial charge in [-0.15, -0.1) is 0 Å². The molecule has 0 radical (unpaired) electrons. The van der Waals surface area contributed by atoms with Gasteiger partial charge in [0.05, 0.1) is 11.3 Å². The van der Waals surface area contributed by atoms with Crippen molar-refractivity contribution >= 4 is 23.5 Å². The summed E-state index contributed by atoms with van der Waals surface area (Å²) in [4.78, 5) is 33.3. The number of anilines is 1. The van der Waals surface area contributed by atoms with E-state index in [9.17, 15) is 18.8 Å². The van der Waals surface area contributed by atoms with Crippen LogP contribution >= 0.6 is 0 Å². The molecule has 1 saturated heterocycles. The van der Waals surface area contributed by atoms with Gasteiger partial charge in [-0.2, -0.15) is 0 Å². The smallest absolute Gasteiger partial charge is 0.335 e. The first kappa shape index (κ1) is 13.0. The highest BCUT2D eigenvalue weighted by atomic mass is 19.1. The minimum atomic E-state index is -1.25. The number of carboxylic acids is 1. The molecule has 1 aromatic carbocycles. The maximum absolute atomic E-state index is 13.6. The van der Waals surface area contributed by atoms with E-state index in [1.165, 1.54) is 12.1 Å². The normalized spacial score (nSPS) is 17.9. The molecule has 1 aliphatic heterocycles. The van der Waals surface area contributed by atoms with Crippen LogP contribution in [0.1, 0.15) is 23.2 Å². The van der Waals surface area contributed by atoms with Gasteiger partial charge < -0.3 is 15.7 Å². The first-order valence-corrected chi connectivity index (χ1v) is 5.60. The molecule has 6 nitrogen and oxygen atoms in total. The van der Waals surface area contributed by atoms with E-state index in [-0.39, 0.29) is 23.6 Å². The van der Waals surface area contributed by atoms with Crippen LogP contribution in [0.2, 0.25) is 0 Å². The van der Waals surface area contributed by atoms with Crippen LogP contribution in [0.25, 0.3) is 0 Å². The summed E-state index contributed by atoms with van der Waals surface area (Å²) in [7, 11) is 0. The molecule has 0 saturated carbocycles. The van der Waals surface area contributed by atoms with Crippen LogP contribution in [-0.4, -0.2) is 28.9 Å². The van der Waals surface area contributed by atoms with Crippen LogP contribution in [-0.2, 0) is 9.59 Å². The van der Waals surface area contributed by atoms with Gasteiger partial charge in [-0.05, 0) is 24.6 Å². The molecule has 0 spiro atoms. The predicted molar refractivity (Wildman–Crippen MR) is 63.2 cm³/mol. The lowest BCUT2D eigenvalue weighted by molar-refractivity contribution is -0.122. The number of carbonyl (C=O) groups is 3. The minimum Gasteiger partial charge on any atom is -0.478 e. The molecule has 2 amide bonds. The van der Waals surface area contributed by atoms with Crippen LogP contribution in [0.4, 0.5) is 10.1 Å². The minimum absolute atomic E-state index is 0.115. The lowest BCUT2D eigenvalue weighted by Gasteiger charge is -2.11. The van der Waals surface area contributed by atoms with Crippen LogP contribution in [0, 0.1) is 5.82 Å². The lowest BCUT2D eigenvalue weighted by atomic mass is 10.1. The number of hydrogen-bond donors (Lipinski definition) is 3. The van der Waals surface area contributed by atoms with Gasteiger partial charge in [0.1, 0.15) is 11.9 Å². The molecule has 0 aliphatic carbocycles. The molecular weight excluding hydrogens is 255 g/mol. The van der Waals surface area contributed by atoms with Crippen molar-refractivity contribution in [1.29, 1.82) is 0 Å². The van der Waals surface area contributed by atoms with Crippen molar-refractivity contribution in [1.82, 2.24) is 5.32 Å². The average molecular weight is 266 g/mol. The summed E-state index contributed by atoms with van der Waals surface area (Å²) in [5.74, 6) is -2.83. The number of nitrogens with one attached hydrogen (secondary N) is 2. The van der Waals surface area contributed by atoms with Gasteiger partial charge >= 0.3 is 5.97 Å². The van der Waals surface area contributed by atoms with E-state index in [1.807, 2.05) is 0 Å². The van der Waals surface area contributed by atoms with E-state index >= 15 is 0 Å². The Hall–Kier alpha value is -2.44. The third-order valence-corrected chi connectivity index (χ3v) is 2.79. The summed E-state index contributed by atoms with van der Waals surface area (Å²) in [6, 6.07) is 2.51. The Morgan fingerprint density at radius 1 is 1.42 bits per heavy atom. The number of carbonyl (C=O) groups excluding carboxylic acids is 2. The van der Waals surface area contributed by atoms with Crippen LogP contribution in [0.3, 0.4) is 0 Å².